The molecule has 0 saturated heterocycles. The molecule has 0 spiro atoms. The van der Waals surface area contributed by atoms with Crippen LogP contribution in [0.3, 0.4) is 0 Å². The van der Waals surface area contributed by atoms with Gasteiger partial charge < -0.3 is 19.3 Å². The fourth-order valence-corrected chi connectivity index (χ4v) is 2.93. The average Bonchev–Trinajstić information content (AvgIpc) is 2.88. The number of rotatable bonds is 10. The predicted molar refractivity (Wildman–Crippen MR) is 127 cm³/mol. The Morgan fingerprint density at radius 1 is 1.03 bits per heavy atom. The van der Waals surface area contributed by atoms with E-state index in [4.69, 9.17) is 14.2 Å². The Balaban J connectivity index is 1.61. The molecule has 0 heterocycles. The van der Waals surface area contributed by atoms with E-state index in [9.17, 15) is 14.7 Å². The summed E-state index contributed by atoms with van der Waals surface area (Å²) in [6, 6.07) is 20.1. The molecule has 0 aliphatic carbocycles. The molecule has 3 aromatic rings. The van der Waals surface area contributed by atoms with Crippen molar-refractivity contribution >= 4 is 18.1 Å². The summed E-state index contributed by atoms with van der Waals surface area (Å²) in [7, 11) is 1.45. The quantitative estimate of drug-likeness (QED) is 0.205. The van der Waals surface area contributed by atoms with Crippen LogP contribution in [0.1, 0.15) is 40.9 Å². The third-order valence-electron chi connectivity index (χ3n) is 4.71. The smallest absolute Gasteiger partial charge is 0.343 e. The Morgan fingerprint density at radius 2 is 1.76 bits per heavy atom. The minimum atomic E-state index is -1.33. The maximum atomic E-state index is 12.5. The molecule has 0 aromatic heterocycles. The number of hydrogen-bond acceptors (Lipinski definition) is 7. The molecule has 2 N–H and O–H groups in total. The van der Waals surface area contributed by atoms with Crippen LogP contribution in [-0.2, 0) is 4.79 Å². The maximum Gasteiger partial charge on any atom is 0.343 e. The highest BCUT2D eigenvalue weighted by Gasteiger charge is 2.16. The molecule has 1 unspecified atom stereocenters. The second kappa shape index (κ2) is 12.2. The van der Waals surface area contributed by atoms with Crippen LogP contribution in [0.15, 0.2) is 77.9 Å². The summed E-state index contributed by atoms with van der Waals surface area (Å²) in [6.45, 7) is 2.62. The molecule has 1 atom stereocenters. The van der Waals surface area contributed by atoms with E-state index in [0.29, 0.717) is 34.8 Å². The summed E-state index contributed by atoms with van der Waals surface area (Å²) in [5.41, 5.74) is 3.72. The Labute approximate surface area is 197 Å². The SMILES string of the molecule is CCCOc1ccc(C(=O)Oc2ccc(/C=N/NC(=O)C(O)c3ccccc3)cc2OC)cc1. The standard InChI is InChI=1S/C26H26N2O6/c1-3-15-33-21-12-10-20(11-13-21)26(31)34-22-14-9-18(16-23(22)32-2)17-27-28-25(30)24(29)19-7-5-4-6-8-19/h4-14,16-17,24,29H,3,15H2,1-2H3,(H,28,30)/b27-17+. The molecule has 0 aliphatic rings. The van der Waals surface area contributed by atoms with E-state index in [1.165, 1.54) is 13.3 Å². The van der Waals surface area contributed by atoms with Gasteiger partial charge in [0.2, 0.25) is 0 Å². The van der Waals surface area contributed by atoms with E-state index in [-0.39, 0.29) is 5.75 Å². The predicted octanol–water partition coefficient (Wildman–Crippen LogP) is 3.89. The molecule has 0 fully saturated rings. The molecule has 1 amide bonds. The zero-order valence-corrected chi connectivity index (χ0v) is 18.9. The Morgan fingerprint density at radius 3 is 2.44 bits per heavy atom. The number of ether oxygens (including phenoxy) is 3. The number of nitrogens with one attached hydrogen (secondary N) is 1. The van der Waals surface area contributed by atoms with Gasteiger partial charge in [-0.2, -0.15) is 5.10 Å². The second-order valence-corrected chi connectivity index (χ2v) is 7.22. The molecule has 0 aliphatic heterocycles. The number of aliphatic hydroxyl groups excluding tert-OH is 1. The van der Waals surface area contributed by atoms with Gasteiger partial charge in [-0.1, -0.05) is 37.3 Å². The van der Waals surface area contributed by atoms with Crippen molar-refractivity contribution in [2.75, 3.05) is 13.7 Å². The van der Waals surface area contributed by atoms with Gasteiger partial charge in [0, 0.05) is 0 Å². The van der Waals surface area contributed by atoms with Gasteiger partial charge in [-0.3, -0.25) is 4.79 Å². The lowest BCUT2D eigenvalue weighted by Crippen LogP contribution is -2.25. The number of benzene rings is 3. The van der Waals surface area contributed by atoms with Crippen LogP contribution in [0.5, 0.6) is 17.2 Å². The van der Waals surface area contributed by atoms with E-state index >= 15 is 0 Å². The Kier molecular flexibility index (Phi) is 8.76. The lowest BCUT2D eigenvalue weighted by atomic mass is 10.1. The van der Waals surface area contributed by atoms with Crippen molar-refractivity contribution < 1.29 is 28.9 Å². The first-order valence-electron chi connectivity index (χ1n) is 10.7. The maximum absolute atomic E-state index is 12.5. The number of esters is 1. The Hall–Kier alpha value is -4.17. The lowest BCUT2D eigenvalue weighted by Gasteiger charge is -2.11. The van der Waals surface area contributed by atoms with E-state index in [1.54, 1.807) is 72.8 Å². The molecule has 176 valence electrons. The van der Waals surface area contributed by atoms with Crippen molar-refractivity contribution in [1.82, 2.24) is 5.43 Å². The average molecular weight is 463 g/mol. The fourth-order valence-electron chi connectivity index (χ4n) is 2.93. The topological polar surface area (TPSA) is 106 Å². The number of aliphatic hydroxyl groups is 1. The highest BCUT2D eigenvalue weighted by Crippen LogP contribution is 2.28. The first-order chi connectivity index (χ1) is 16.5. The van der Waals surface area contributed by atoms with Crippen molar-refractivity contribution in [3.63, 3.8) is 0 Å². The van der Waals surface area contributed by atoms with Crippen LogP contribution in [0, 0.1) is 0 Å². The molecule has 3 rings (SSSR count). The highest BCUT2D eigenvalue weighted by molar-refractivity contribution is 5.92. The van der Waals surface area contributed by atoms with Gasteiger partial charge in [0.05, 0.1) is 25.5 Å². The number of carbonyl (C=O) groups excluding carboxylic acids is 2. The third kappa shape index (κ3) is 6.66. The first-order valence-corrected chi connectivity index (χ1v) is 10.7. The van der Waals surface area contributed by atoms with Crippen molar-refractivity contribution in [3.8, 4) is 17.2 Å². The van der Waals surface area contributed by atoms with E-state index < -0.39 is 18.0 Å². The van der Waals surface area contributed by atoms with Gasteiger partial charge in [-0.15, -0.1) is 0 Å². The van der Waals surface area contributed by atoms with Crippen LogP contribution in [-0.4, -0.2) is 36.9 Å². The summed E-state index contributed by atoms with van der Waals surface area (Å²) >= 11 is 0. The third-order valence-corrected chi connectivity index (χ3v) is 4.71. The van der Waals surface area contributed by atoms with E-state index in [0.717, 1.165) is 6.42 Å². The minimum Gasteiger partial charge on any atom is -0.494 e. The van der Waals surface area contributed by atoms with Gasteiger partial charge in [0.1, 0.15) is 5.75 Å². The van der Waals surface area contributed by atoms with Crippen molar-refractivity contribution in [3.05, 3.63) is 89.5 Å². The zero-order valence-electron chi connectivity index (χ0n) is 18.9. The number of hydrazone groups is 1. The van der Waals surface area contributed by atoms with Gasteiger partial charge in [-0.25, -0.2) is 10.2 Å². The fraction of sp³-hybridized carbons (Fsp3) is 0.192. The summed E-state index contributed by atoms with van der Waals surface area (Å²) in [5, 5.41) is 13.9. The number of hydrogen-bond donors (Lipinski definition) is 2. The lowest BCUT2D eigenvalue weighted by molar-refractivity contribution is -0.129. The van der Waals surface area contributed by atoms with Gasteiger partial charge >= 0.3 is 5.97 Å². The molecular formula is C26H26N2O6. The number of nitrogens with zero attached hydrogens (tertiary/aromatic N) is 1. The van der Waals surface area contributed by atoms with Crippen LogP contribution >= 0.6 is 0 Å². The van der Waals surface area contributed by atoms with E-state index in [1.807, 2.05) is 6.92 Å². The molecule has 3 aromatic carbocycles. The van der Waals surface area contributed by atoms with E-state index in [2.05, 4.69) is 10.5 Å². The normalized spacial score (nSPS) is 11.6. The number of methoxy groups -OCH3 is 1. The second-order valence-electron chi connectivity index (χ2n) is 7.22. The summed E-state index contributed by atoms with van der Waals surface area (Å²) in [5.74, 6) is 0.0355. The monoisotopic (exact) mass is 462 g/mol. The molecule has 8 nitrogen and oxygen atoms in total. The zero-order chi connectivity index (χ0) is 24.3. The molecule has 8 heteroatoms. The number of amides is 1. The molecule has 0 saturated carbocycles. The molecule has 0 bridgehead atoms. The summed E-state index contributed by atoms with van der Waals surface area (Å²) in [4.78, 5) is 24.6. The van der Waals surface area contributed by atoms with Crippen LogP contribution in [0.25, 0.3) is 0 Å². The van der Waals surface area contributed by atoms with Crippen molar-refractivity contribution in [2.45, 2.75) is 19.4 Å². The van der Waals surface area contributed by atoms with Crippen molar-refractivity contribution in [2.24, 2.45) is 5.10 Å². The molecular weight excluding hydrogens is 436 g/mol. The van der Waals surface area contributed by atoms with Crippen LogP contribution in [0.4, 0.5) is 0 Å². The molecule has 0 radical (unpaired) electrons. The van der Waals surface area contributed by atoms with Gasteiger partial charge in [0.25, 0.3) is 5.91 Å². The van der Waals surface area contributed by atoms with Gasteiger partial charge in [0.15, 0.2) is 17.6 Å². The van der Waals surface area contributed by atoms with Crippen LogP contribution < -0.4 is 19.6 Å². The van der Waals surface area contributed by atoms with Crippen LogP contribution in [0.2, 0.25) is 0 Å². The Bertz CT molecular complexity index is 1130. The van der Waals surface area contributed by atoms with Crippen molar-refractivity contribution in [1.29, 1.82) is 0 Å². The van der Waals surface area contributed by atoms with Gasteiger partial charge in [-0.05, 0) is 60.0 Å². The first kappa shape index (κ1) is 24.5. The highest BCUT2D eigenvalue weighted by atomic mass is 16.6. The molecule has 34 heavy (non-hydrogen) atoms. The largest absolute Gasteiger partial charge is 0.494 e. The number of carbonyl (C=O) groups is 2. The summed E-state index contributed by atoms with van der Waals surface area (Å²) < 4.78 is 16.3. The minimum absolute atomic E-state index is 0.236. The summed E-state index contributed by atoms with van der Waals surface area (Å²) in [6.07, 6.45) is 0.951.